The summed E-state index contributed by atoms with van der Waals surface area (Å²) in [6.07, 6.45) is -5.75. The second kappa shape index (κ2) is 4.29. The monoisotopic (exact) mass is 256 g/mol. The normalized spacial score (nSPS) is 11.6. The highest BCUT2D eigenvalue weighted by atomic mass is 35.5. The number of hydrogen-bond acceptors (Lipinski definition) is 1. The van der Waals surface area contributed by atoms with Gasteiger partial charge in [-0.15, -0.1) is 0 Å². The van der Waals surface area contributed by atoms with Gasteiger partial charge >= 0.3 is 12.1 Å². The summed E-state index contributed by atoms with van der Waals surface area (Å²) < 4.78 is 50.3. The van der Waals surface area contributed by atoms with Crippen LogP contribution in [0, 0.1) is 5.82 Å². The molecule has 88 valence electrons. The first-order valence-electron chi connectivity index (χ1n) is 3.98. The van der Waals surface area contributed by atoms with Crippen LogP contribution < -0.4 is 0 Å². The molecule has 16 heavy (non-hydrogen) atoms. The third kappa shape index (κ3) is 2.85. The van der Waals surface area contributed by atoms with E-state index in [0.717, 1.165) is 0 Å². The van der Waals surface area contributed by atoms with Crippen LogP contribution >= 0.6 is 11.6 Å². The second-order valence-corrected chi connectivity index (χ2v) is 3.40. The minimum Gasteiger partial charge on any atom is -0.481 e. The van der Waals surface area contributed by atoms with Crippen molar-refractivity contribution in [3.8, 4) is 0 Å². The van der Waals surface area contributed by atoms with Crippen LogP contribution in [-0.2, 0) is 17.4 Å². The number of carboxylic acid groups (broad SMARTS) is 1. The second-order valence-electron chi connectivity index (χ2n) is 2.99. The Morgan fingerprint density at radius 1 is 1.38 bits per heavy atom. The molecule has 0 bridgehead atoms. The molecule has 0 atom stereocenters. The lowest BCUT2D eigenvalue weighted by Crippen LogP contribution is -2.13. The van der Waals surface area contributed by atoms with E-state index in [4.69, 9.17) is 16.7 Å². The summed E-state index contributed by atoms with van der Waals surface area (Å²) in [5.41, 5.74) is -2.00. The SMILES string of the molecule is O=C(O)Cc1cc(F)cc(Cl)c1C(F)(F)F. The largest absolute Gasteiger partial charge is 0.481 e. The predicted octanol–water partition coefficient (Wildman–Crippen LogP) is 3.13. The molecule has 0 amide bonds. The number of alkyl halides is 3. The van der Waals surface area contributed by atoms with Gasteiger partial charge in [0.25, 0.3) is 0 Å². The van der Waals surface area contributed by atoms with Crippen molar-refractivity contribution < 1.29 is 27.5 Å². The Kier molecular flexibility index (Phi) is 3.42. The fourth-order valence-electron chi connectivity index (χ4n) is 1.25. The lowest BCUT2D eigenvalue weighted by Gasteiger charge is -2.13. The van der Waals surface area contributed by atoms with E-state index in [1.165, 1.54) is 0 Å². The Labute approximate surface area is 92.4 Å². The van der Waals surface area contributed by atoms with Crippen molar-refractivity contribution in [3.05, 3.63) is 34.1 Å². The number of hydrogen-bond donors (Lipinski definition) is 1. The summed E-state index contributed by atoms with van der Waals surface area (Å²) in [6.45, 7) is 0. The van der Waals surface area contributed by atoms with E-state index in [9.17, 15) is 22.4 Å². The average molecular weight is 257 g/mol. The zero-order valence-corrected chi connectivity index (χ0v) is 8.36. The molecule has 0 fully saturated rings. The molecule has 0 saturated heterocycles. The quantitative estimate of drug-likeness (QED) is 0.826. The molecule has 0 saturated carbocycles. The molecule has 0 heterocycles. The van der Waals surface area contributed by atoms with Gasteiger partial charge in [0, 0.05) is 0 Å². The van der Waals surface area contributed by atoms with Crippen molar-refractivity contribution in [1.29, 1.82) is 0 Å². The number of benzene rings is 1. The smallest absolute Gasteiger partial charge is 0.418 e. The van der Waals surface area contributed by atoms with Crippen LogP contribution in [0.15, 0.2) is 12.1 Å². The molecular formula is C9H5ClF4O2. The van der Waals surface area contributed by atoms with Crippen LogP contribution in [0.2, 0.25) is 5.02 Å². The van der Waals surface area contributed by atoms with Gasteiger partial charge in [0.1, 0.15) is 5.82 Å². The first-order chi connectivity index (χ1) is 7.21. The summed E-state index contributed by atoms with van der Waals surface area (Å²) in [6, 6.07) is 1.01. The zero-order chi connectivity index (χ0) is 12.5. The molecule has 2 nitrogen and oxygen atoms in total. The molecule has 0 spiro atoms. The van der Waals surface area contributed by atoms with Crippen LogP contribution in [0.25, 0.3) is 0 Å². The van der Waals surface area contributed by atoms with Gasteiger partial charge in [-0.2, -0.15) is 13.2 Å². The molecular weight excluding hydrogens is 252 g/mol. The van der Waals surface area contributed by atoms with Crippen LogP contribution in [-0.4, -0.2) is 11.1 Å². The summed E-state index contributed by atoms with van der Waals surface area (Å²) >= 11 is 5.25. The van der Waals surface area contributed by atoms with Crippen molar-refractivity contribution in [2.75, 3.05) is 0 Å². The molecule has 1 aromatic rings. The molecule has 0 aliphatic carbocycles. The molecule has 0 radical (unpaired) electrons. The van der Waals surface area contributed by atoms with E-state index in [-0.39, 0.29) is 0 Å². The van der Waals surface area contributed by atoms with Crippen molar-refractivity contribution in [2.45, 2.75) is 12.6 Å². The molecule has 0 aliphatic rings. The van der Waals surface area contributed by atoms with E-state index >= 15 is 0 Å². The maximum atomic E-state index is 12.8. The topological polar surface area (TPSA) is 37.3 Å². The Morgan fingerprint density at radius 2 is 1.94 bits per heavy atom. The van der Waals surface area contributed by atoms with Crippen molar-refractivity contribution >= 4 is 17.6 Å². The van der Waals surface area contributed by atoms with Gasteiger partial charge < -0.3 is 5.11 Å². The van der Waals surface area contributed by atoms with E-state index in [0.29, 0.717) is 12.1 Å². The molecule has 0 aromatic heterocycles. The van der Waals surface area contributed by atoms with Gasteiger partial charge in [-0.25, -0.2) is 4.39 Å². The van der Waals surface area contributed by atoms with Crippen LogP contribution in [0.3, 0.4) is 0 Å². The minimum atomic E-state index is -4.81. The fourth-order valence-corrected chi connectivity index (χ4v) is 1.58. The third-order valence-corrected chi connectivity index (χ3v) is 2.06. The van der Waals surface area contributed by atoms with E-state index < -0.39 is 40.5 Å². The van der Waals surface area contributed by atoms with Gasteiger partial charge in [0.2, 0.25) is 0 Å². The number of carbonyl (C=O) groups is 1. The number of rotatable bonds is 2. The first-order valence-corrected chi connectivity index (χ1v) is 4.36. The Bertz CT molecular complexity index is 428. The summed E-state index contributed by atoms with van der Waals surface area (Å²) in [5.74, 6) is -2.50. The van der Waals surface area contributed by atoms with Gasteiger partial charge in [-0.05, 0) is 17.7 Å². The van der Waals surface area contributed by atoms with E-state index in [1.54, 1.807) is 0 Å². The summed E-state index contributed by atoms with van der Waals surface area (Å²) in [7, 11) is 0. The highest BCUT2D eigenvalue weighted by Crippen LogP contribution is 2.37. The zero-order valence-electron chi connectivity index (χ0n) is 7.61. The third-order valence-electron chi connectivity index (χ3n) is 1.76. The maximum Gasteiger partial charge on any atom is 0.418 e. The van der Waals surface area contributed by atoms with Gasteiger partial charge in [0.15, 0.2) is 0 Å². The highest BCUT2D eigenvalue weighted by Gasteiger charge is 2.36. The van der Waals surface area contributed by atoms with E-state index in [2.05, 4.69) is 0 Å². The fraction of sp³-hybridized carbons (Fsp3) is 0.222. The number of aliphatic carboxylic acids is 1. The average Bonchev–Trinajstić information content (AvgIpc) is 1.96. The molecule has 1 aromatic carbocycles. The van der Waals surface area contributed by atoms with Crippen LogP contribution in [0.1, 0.15) is 11.1 Å². The standard InChI is InChI=1S/C9H5ClF4O2/c10-6-3-5(11)1-4(2-7(15)16)8(6)9(12,13)14/h1,3H,2H2,(H,15,16). The lowest BCUT2D eigenvalue weighted by molar-refractivity contribution is -0.139. The highest BCUT2D eigenvalue weighted by molar-refractivity contribution is 6.31. The van der Waals surface area contributed by atoms with E-state index in [1.807, 2.05) is 0 Å². The van der Waals surface area contributed by atoms with Gasteiger partial charge in [0.05, 0.1) is 17.0 Å². The number of carboxylic acids is 1. The van der Waals surface area contributed by atoms with Gasteiger partial charge in [-0.3, -0.25) is 4.79 Å². The maximum absolute atomic E-state index is 12.8. The Balaban J connectivity index is 3.38. The van der Waals surface area contributed by atoms with Crippen LogP contribution in [0.4, 0.5) is 17.6 Å². The summed E-state index contributed by atoms with van der Waals surface area (Å²) in [4.78, 5) is 10.3. The molecule has 0 unspecified atom stereocenters. The molecule has 7 heteroatoms. The summed E-state index contributed by atoms with van der Waals surface area (Å²) in [5, 5.41) is 7.56. The number of halogens is 5. The molecule has 1 rings (SSSR count). The van der Waals surface area contributed by atoms with Gasteiger partial charge in [-0.1, -0.05) is 11.6 Å². The van der Waals surface area contributed by atoms with Crippen LogP contribution in [0.5, 0.6) is 0 Å². The first kappa shape index (κ1) is 12.8. The lowest BCUT2D eigenvalue weighted by atomic mass is 10.0. The van der Waals surface area contributed by atoms with Crippen molar-refractivity contribution in [2.24, 2.45) is 0 Å². The van der Waals surface area contributed by atoms with Crippen molar-refractivity contribution in [1.82, 2.24) is 0 Å². The Morgan fingerprint density at radius 3 is 2.38 bits per heavy atom. The van der Waals surface area contributed by atoms with Crippen molar-refractivity contribution in [3.63, 3.8) is 0 Å². The minimum absolute atomic E-state index is 0.496. The molecule has 1 N–H and O–H groups in total. The Hall–Kier alpha value is -1.30. The predicted molar refractivity (Wildman–Crippen MR) is 47.8 cm³/mol. The molecule has 0 aliphatic heterocycles.